The number of nitrogens with two attached hydrogens (primary N) is 1. The number of aldehydes is 1. The van der Waals surface area contributed by atoms with E-state index >= 15 is 0 Å². The second-order valence-corrected chi connectivity index (χ2v) is 5.77. The molecule has 0 fully saturated rings. The van der Waals surface area contributed by atoms with Gasteiger partial charge in [-0.3, -0.25) is 14.4 Å². The highest BCUT2D eigenvalue weighted by Crippen LogP contribution is 2.22. The normalized spacial score (nSPS) is 9.81. The van der Waals surface area contributed by atoms with Crippen molar-refractivity contribution in [3.8, 4) is 11.3 Å². The first-order valence-corrected chi connectivity index (χ1v) is 8.11. The van der Waals surface area contributed by atoms with Gasteiger partial charge in [0.1, 0.15) is 5.76 Å². The molecule has 6 heteroatoms. The Bertz CT molecular complexity index is 941. The molecule has 2 aromatic carbocycles. The number of carbonyl (C=O) groups is 3. The van der Waals surface area contributed by atoms with Crippen molar-refractivity contribution in [2.45, 2.75) is 13.3 Å². The van der Waals surface area contributed by atoms with E-state index in [1.165, 1.54) is 6.92 Å². The summed E-state index contributed by atoms with van der Waals surface area (Å²) < 4.78 is 5.27. The molecule has 0 aliphatic carbocycles. The number of carboxylic acids is 1. The number of hydrogen-bond donors (Lipinski definition) is 2. The topological polar surface area (TPSA) is 111 Å². The summed E-state index contributed by atoms with van der Waals surface area (Å²) in [7, 11) is 0. The molecular formula is C21H19NO5. The lowest BCUT2D eigenvalue weighted by molar-refractivity contribution is -0.136. The van der Waals surface area contributed by atoms with Gasteiger partial charge < -0.3 is 15.3 Å². The van der Waals surface area contributed by atoms with Gasteiger partial charge in [0.2, 0.25) is 0 Å². The van der Waals surface area contributed by atoms with Gasteiger partial charge in [-0.2, -0.15) is 0 Å². The SMILES string of the molecule is CC(=O)c1ccc(-c2ccc(C=O)o2)cc1.Nc1cccc(CC(=O)O)c1. The van der Waals surface area contributed by atoms with E-state index in [4.69, 9.17) is 15.3 Å². The highest BCUT2D eigenvalue weighted by molar-refractivity contribution is 5.94. The first-order valence-electron chi connectivity index (χ1n) is 8.11. The zero-order chi connectivity index (χ0) is 19.8. The van der Waals surface area contributed by atoms with Crippen LogP contribution in [-0.4, -0.2) is 23.1 Å². The number of aliphatic carboxylic acids is 1. The highest BCUT2D eigenvalue weighted by atomic mass is 16.4. The molecule has 0 amide bonds. The Morgan fingerprint density at radius 2 is 1.78 bits per heavy atom. The van der Waals surface area contributed by atoms with Gasteiger partial charge >= 0.3 is 5.97 Å². The molecule has 0 radical (unpaired) electrons. The fraction of sp³-hybridized carbons (Fsp3) is 0.0952. The average Bonchev–Trinajstić information content (AvgIpc) is 3.11. The van der Waals surface area contributed by atoms with Crippen LogP contribution in [0.2, 0.25) is 0 Å². The molecule has 0 unspecified atom stereocenters. The third kappa shape index (κ3) is 5.97. The van der Waals surface area contributed by atoms with E-state index in [2.05, 4.69) is 0 Å². The van der Waals surface area contributed by atoms with Crippen LogP contribution in [0.5, 0.6) is 0 Å². The Morgan fingerprint density at radius 1 is 1.07 bits per heavy atom. The number of anilines is 1. The molecule has 0 aliphatic rings. The summed E-state index contributed by atoms with van der Waals surface area (Å²) >= 11 is 0. The molecular weight excluding hydrogens is 346 g/mol. The molecule has 0 bridgehead atoms. The second kappa shape index (κ2) is 9.15. The number of nitrogen functional groups attached to an aromatic ring is 1. The largest absolute Gasteiger partial charge is 0.481 e. The zero-order valence-electron chi connectivity index (χ0n) is 14.7. The molecule has 0 atom stereocenters. The number of ketones is 1. The molecule has 0 spiro atoms. The fourth-order valence-corrected chi connectivity index (χ4v) is 2.32. The molecule has 3 N–H and O–H groups in total. The van der Waals surface area contributed by atoms with Crippen LogP contribution in [0.4, 0.5) is 5.69 Å². The number of furan rings is 1. The van der Waals surface area contributed by atoms with Crippen LogP contribution >= 0.6 is 0 Å². The Morgan fingerprint density at radius 3 is 2.30 bits per heavy atom. The highest BCUT2D eigenvalue weighted by Gasteiger charge is 2.05. The number of benzene rings is 2. The molecule has 0 saturated heterocycles. The third-order valence-corrected chi connectivity index (χ3v) is 3.63. The summed E-state index contributed by atoms with van der Waals surface area (Å²) in [5.74, 6) is 0.109. The lowest BCUT2D eigenvalue weighted by Crippen LogP contribution is -2.00. The van der Waals surface area contributed by atoms with Crippen LogP contribution in [0.15, 0.2) is 65.1 Å². The molecule has 3 rings (SSSR count). The molecule has 1 aromatic heterocycles. The summed E-state index contributed by atoms with van der Waals surface area (Å²) in [6.07, 6.45) is 0.693. The minimum atomic E-state index is -0.837. The summed E-state index contributed by atoms with van der Waals surface area (Å²) in [5.41, 5.74) is 8.28. The standard InChI is InChI=1S/C13H10O3.C8H9NO2/c1-9(15)10-2-4-11(5-3-10)13-7-6-12(8-14)16-13;9-7-3-1-2-6(4-7)5-8(10)11/h2-8H,1H3;1-4H,5,9H2,(H,10,11). The summed E-state index contributed by atoms with van der Waals surface area (Å²) in [4.78, 5) is 31.8. The van der Waals surface area contributed by atoms with E-state index in [1.807, 2.05) is 0 Å². The fourth-order valence-electron chi connectivity index (χ4n) is 2.32. The van der Waals surface area contributed by atoms with Gasteiger partial charge in [0.05, 0.1) is 6.42 Å². The lowest BCUT2D eigenvalue weighted by Gasteiger charge is -1.98. The van der Waals surface area contributed by atoms with Crippen molar-refractivity contribution in [3.63, 3.8) is 0 Å². The predicted octanol–water partition coefficient (Wildman–Crippen LogP) is 3.86. The molecule has 1 heterocycles. The second-order valence-electron chi connectivity index (χ2n) is 5.77. The van der Waals surface area contributed by atoms with Gasteiger partial charge in [0.15, 0.2) is 17.8 Å². The predicted molar refractivity (Wildman–Crippen MR) is 102 cm³/mol. The molecule has 0 saturated carbocycles. The van der Waals surface area contributed by atoms with Crippen molar-refractivity contribution >= 4 is 23.7 Å². The van der Waals surface area contributed by atoms with Gasteiger partial charge in [-0.15, -0.1) is 0 Å². The Hall–Kier alpha value is -3.67. The van der Waals surface area contributed by atoms with Crippen molar-refractivity contribution in [1.82, 2.24) is 0 Å². The molecule has 0 aliphatic heterocycles. The molecule has 3 aromatic rings. The number of carboxylic acid groups (broad SMARTS) is 1. The average molecular weight is 365 g/mol. The van der Waals surface area contributed by atoms with Crippen molar-refractivity contribution in [2.24, 2.45) is 0 Å². The molecule has 138 valence electrons. The lowest BCUT2D eigenvalue weighted by atomic mass is 10.1. The van der Waals surface area contributed by atoms with Crippen LogP contribution in [0.25, 0.3) is 11.3 Å². The van der Waals surface area contributed by atoms with E-state index in [-0.39, 0.29) is 12.2 Å². The summed E-state index contributed by atoms with van der Waals surface area (Å²) in [6.45, 7) is 1.52. The first-order chi connectivity index (χ1) is 12.9. The quantitative estimate of drug-likeness (QED) is 0.403. The van der Waals surface area contributed by atoms with Crippen molar-refractivity contribution < 1.29 is 23.9 Å². The number of hydrogen-bond acceptors (Lipinski definition) is 5. The Kier molecular flexibility index (Phi) is 6.66. The summed E-state index contributed by atoms with van der Waals surface area (Å²) in [5, 5.41) is 8.42. The molecule has 6 nitrogen and oxygen atoms in total. The number of carbonyl (C=O) groups excluding carboxylic acids is 2. The number of rotatable bonds is 5. The van der Waals surface area contributed by atoms with E-state index in [1.54, 1.807) is 60.7 Å². The first kappa shape index (κ1) is 19.7. The Balaban J connectivity index is 0.000000208. The van der Waals surface area contributed by atoms with Crippen LogP contribution < -0.4 is 5.73 Å². The van der Waals surface area contributed by atoms with Crippen LogP contribution in [0, 0.1) is 0 Å². The van der Waals surface area contributed by atoms with Gasteiger partial charge in [0.25, 0.3) is 0 Å². The van der Waals surface area contributed by atoms with Gasteiger partial charge in [-0.25, -0.2) is 0 Å². The van der Waals surface area contributed by atoms with Crippen LogP contribution in [0.3, 0.4) is 0 Å². The summed E-state index contributed by atoms with van der Waals surface area (Å²) in [6, 6.07) is 17.3. The van der Waals surface area contributed by atoms with E-state index in [0.717, 1.165) is 11.1 Å². The maximum Gasteiger partial charge on any atom is 0.307 e. The molecule has 27 heavy (non-hydrogen) atoms. The van der Waals surface area contributed by atoms with Crippen molar-refractivity contribution in [3.05, 3.63) is 77.6 Å². The van der Waals surface area contributed by atoms with Gasteiger partial charge in [-0.05, 0) is 36.8 Å². The van der Waals surface area contributed by atoms with Crippen molar-refractivity contribution in [2.75, 3.05) is 5.73 Å². The Labute approximate surface area is 156 Å². The van der Waals surface area contributed by atoms with Crippen LogP contribution in [0.1, 0.15) is 33.4 Å². The smallest absolute Gasteiger partial charge is 0.307 e. The number of Topliss-reactive ketones (excluding diaryl/α,β-unsaturated/α-hetero) is 1. The maximum absolute atomic E-state index is 11.1. The van der Waals surface area contributed by atoms with Gasteiger partial charge in [0, 0.05) is 16.8 Å². The zero-order valence-corrected chi connectivity index (χ0v) is 14.7. The van der Waals surface area contributed by atoms with E-state index < -0.39 is 5.97 Å². The van der Waals surface area contributed by atoms with Gasteiger partial charge in [-0.1, -0.05) is 36.4 Å². The van der Waals surface area contributed by atoms with E-state index in [9.17, 15) is 14.4 Å². The minimum absolute atomic E-state index is 0.0274. The maximum atomic E-state index is 11.1. The minimum Gasteiger partial charge on any atom is -0.481 e. The van der Waals surface area contributed by atoms with Crippen LogP contribution in [-0.2, 0) is 11.2 Å². The van der Waals surface area contributed by atoms with Crippen molar-refractivity contribution in [1.29, 1.82) is 0 Å². The van der Waals surface area contributed by atoms with E-state index in [0.29, 0.717) is 29.1 Å². The monoisotopic (exact) mass is 365 g/mol. The third-order valence-electron chi connectivity index (χ3n) is 3.63.